The number of halogens is 2. The van der Waals surface area contributed by atoms with Gasteiger partial charge in [-0.05, 0) is 42.3 Å². The zero-order chi connectivity index (χ0) is 14.0. The summed E-state index contributed by atoms with van der Waals surface area (Å²) < 4.78 is 19.7. The van der Waals surface area contributed by atoms with Gasteiger partial charge in [-0.25, -0.2) is 4.39 Å². The van der Waals surface area contributed by atoms with Crippen molar-refractivity contribution in [3.05, 3.63) is 63.4 Å². The van der Waals surface area contributed by atoms with Crippen LogP contribution in [-0.4, -0.2) is 12.2 Å². The summed E-state index contributed by atoms with van der Waals surface area (Å²) in [6.45, 7) is 1.84. The van der Waals surface area contributed by atoms with Gasteiger partial charge in [0, 0.05) is 10.0 Å². The molecule has 0 radical (unpaired) electrons. The highest BCUT2D eigenvalue weighted by Gasteiger charge is 2.18. The largest absolute Gasteiger partial charge is 0.496 e. The molecule has 0 spiro atoms. The number of ether oxygens (including phenoxy) is 1. The molecule has 2 rings (SSSR count). The quantitative estimate of drug-likeness (QED) is 0.925. The number of benzene rings is 2. The van der Waals surface area contributed by atoms with Crippen molar-refractivity contribution in [1.82, 2.24) is 0 Å². The molecule has 100 valence electrons. The van der Waals surface area contributed by atoms with E-state index in [1.165, 1.54) is 6.07 Å². The molecule has 0 unspecified atom stereocenters. The van der Waals surface area contributed by atoms with Crippen LogP contribution in [0.5, 0.6) is 5.75 Å². The molecular formula is C15H14BrFO2. The Morgan fingerprint density at radius 1 is 1.21 bits per heavy atom. The van der Waals surface area contributed by atoms with E-state index in [1.807, 2.05) is 13.0 Å². The lowest BCUT2D eigenvalue weighted by molar-refractivity contribution is 0.213. The van der Waals surface area contributed by atoms with Gasteiger partial charge >= 0.3 is 0 Å². The zero-order valence-electron chi connectivity index (χ0n) is 10.7. The van der Waals surface area contributed by atoms with Crippen LogP contribution in [0.15, 0.2) is 40.9 Å². The fraction of sp³-hybridized carbons (Fsp3) is 0.200. The van der Waals surface area contributed by atoms with Gasteiger partial charge in [-0.3, -0.25) is 0 Å². The number of rotatable bonds is 3. The maximum Gasteiger partial charge on any atom is 0.129 e. The molecule has 2 nitrogen and oxygen atoms in total. The molecule has 1 N–H and O–H groups in total. The number of aliphatic hydroxyl groups excluding tert-OH is 1. The number of hydrogen-bond donors (Lipinski definition) is 1. The van der Waals surface area contributed by atoms with Crippen molar-refractivity contribution in [2.75, 3.05) is 7.11 Å². The van der Waals surface area contributed by atoms with Gasteiger partial charge in [0.2, 0.25) is 0 Å². The summed E-state index contributed by atoms with van der Waals surface area (Å²) in [7, 11) is 1.57. The van der Waals surface area contributed by atoms with E-state index >= 15 is 0 Å². The van der Waals surface area contributed by atoms with E-state index in [1.54, 1.807) is 31.4 Å². The third kappa shape index (κ3) is 2.80. The summed E-state index contributed by atoms with van der Waals surface area (Å²) in [5.74, 6) is 0.241. The SMILES string of the molecule is COc1cccc([C@@H](O)c2cc(Br)ccc2F)c1C. The second-order valence-corrected chi connectivity index (χ2v) is 5.16. The summed E-state index contributed by atoms with van der Waals surface area (Å²) in [6.07, 6.45) is -1.02. The fourth-order valence-corrected chi connectivity index (χ4v) is 2.42. The van der Waals surface area contributed by atoms with Crippen molar-refractivity contribution < 1.29 is 14.2 Å². The summed E-state index contributed by atoms with van der Waals surface area (Å²) in [5, 5.41) is 10.4. The number of aliphatic hydroxyl groups is 1. The van der Waals surface area contributed by atoms with Crippen LogP contribution in [-0.2, 0) is 0 Å². The molecule has 0 amide bonds. The van der Waals surface area contributed by atoms with Crippen molar-refractivity contribution in [3.8, 4) is 5.75 Å². The Bertz CT molecular complexity index is 599. The highest BCUT2D eigenvalue weighted by atomic mass is 79.9. The van der Waals surface area contributed by atoms with Crippen molar-refractivity contribution >= 4 is 15.9 Å². The number of hydrogen-bond acceptors (Lipinski definition) is 2. The van der Waals surface area contributed by atoms with Crippen molar-refractivity contribution in [2.24, 2.45) is 0 Å². The fourth-order valence-electron chi connectivity index (χ4n) is 2.04. The second-order valence-electron chi connectivity index (χ2n) is 4.24. The maximum absolute atomic E-state index is 13.8. The average molecular weight is 325 g/mol. The molecule has 0 heterocycles. The Morgan fingerprint density at radius 2 is 1.95 bits per heavy atom. The van der Waals surface area contributed by atoms with Crippen LogP contribution >= 0.6 is 15.9 Å². The van der Waals surface area contributed by atoms with Gasteiger partial charge in [-0.2, -0.15) is 0 Å². The molecule has 0 aliphatic rings. The molecular weight excluding hydrogens is 311 g/mol. The average Bonchev–Trinajstić information content (AvgIpc) is 2.41. The molecule has 2 aromatic rings. The van der Waals surface area contributed by atoms with Crippen LogP contribution in [0.2, 0.25) is 0 Å². The third-order valence-electron chi connectivity index (χ3n) is 3.09. The molecule has 0 aliphatic carbocycles. The van der Waals surface area contributed by atoms with E-state index in [4.69, 9.17) is 4.74 Å². The predicted octanol–water partition coefficient (Wildman–Crippen LogP) is 3.99. The maximum atomic E-state index is 13.8. The highest BCUT2D eigenvalue weighted by Crippen LogP contribution is 2.32. The van der Waals surface area contributed by atoms with E-state index in [2.05, 4.69) is 15.9 Å². The minimum absolute atomic E-state index is 0.241. The van der Waals surface area contributed by atoms with Crippen LogP contribution in [0.3, 0.4) is 0 Å². The first kappa shape index (κ1) is 14.0. The Hall–Kier alpha value is -1.39. The lowest BCUT2D eigenvalue weighted by Crippen LogP contribution is -2.05. The first-order valence-electron chi connectivity index (χ1n) is 5.81. The molecule has 0 aliphatic heterocycles. The molecule has 0 fully saturated rings. The lowest BCUT2D eigenvalue weighted by atomic mass is 9.96. The summed E-state index contributed by atoms with van der Waals surface area (Å²) in [6, 6.07) is 9.87. The molecule has 1 atom stereocenters. The smallest absolute Gasteiger partial charge is 0.129 e. The van der Waals surface area contributed by atoms with Gasteiger partial charge in [-0.15, -0.1) is 0 Å². The number of methoxy groups -OCH3 is 1. The van der Waals surface area contributed by atoms with Crippen LogP contribution in [0.4, 0.5) is 4.39 Å². The Morgan fingerprint density at radius 3 is 2.63 bits per heavy atom. The summed E-state index contributed by atoms with van der Waals surface area (Å²) >= 11 is 3.28. The van der Waals surface area contributed by atoms with Gasteiger partial charge in [0.1, 0.15) is 17.7 Å². The van der Waals surface area contributed by atoms with E-state index in [0.29, 0.717) is 11.3 Å². The monoisotopic (exact) mass is 324 g/mol. The first-order chi connectivity index (χ1) is 9.04. The first-order valence-corrected chi connectivity index (χ1v) is 6.60. The standard InChI is InChI=1S/C15H14BrFO2/c1-9-11(4-3-5-14(9)19-2)15(18)12-8-10(16)6-7-13(12)17/h3-8,15,18H,1-2H3/t15-/m1/s1. The van der Waals surface area contributed by atoms with Crippen LogP contribution in [0, 0.1) is 12.7 Å². The topological polar surface area (TPSA) is 29.5 Å². The van der Waals surface area contributed by atoms with E-state index < -0.39 is 11.9 Å². The van der Waals surface area contributed by atoms with Gasteiger partial charge in [0.05, 0.1) is 7.11 Å². The molecule has 0 saturated heterocycles. The Labute approximate surface area is 120 Å². The molecule has 2 aromatic carbocycles. The minimum Gasteiger partial charge on any atom is -0.496 e. The van der Waals surface area contributed by atoms with Crippen molar-refractivity contribution in [1.29, 1.82) is 0 Å². The van der Waals surface area contributed by atoms with E-state index in [9.17, 15) is 9.50 Å². The molecule has 4 heteroatoms. The van der Waals surface area contributed by atoms with Gasteiger partial charge in [-0.1, -0.05) is 28.1 Å². The lowest BCUT2D eigenvalue weighted by Gasteiger charge is -2.17. The second kappa shape index (κ2) is 5.72. The summed E-state index contributed by atoms with van der Waals surface area (Å²) in [4.78, 5) is 0. The molecule has 0 bridgehead atoms. The normalized spacial score (nSPS) is 12.3. The van der Waals surface area contributed by atoms with Crippen LogP contribution < -0.4 is 4.74 Å². The Balaban J connectivity index is 2.50. The third-order valence-corrected chi connectivity index (χ3v) is 3.59. The summed E-state index contributed by atoms with van der Waals surface area (Å²) in [5.41, 5.74) is 1.68. The zero-order valence-corrected chi connectivity index (χ0v) is 12.2. The predicted molar refractivity (Wildman–Crippen MR) is 75.9 cm³/mol. The van der Waals surface area contributed by atoms with Crippen molar-refractivity contribution in [2.45, 2.75) is 13.0 Å². The van der Waals surface area contributed by atoms with Gasteiger partial charge < -0.3 is 9.84 Å². The van der Waals surface area contributed by atoms with E-state index in [0.717, 1.165) is 10.0 Å². The van der Waals surface area contributed by atoms with E-state index in [-0.39, 0.29) is 5.56 Å². The molecule has 0 saturated carbocycles. The highest BCUT2D eigenvalue weighted by molar-refractivity contribution is 9.10. The van der Waals surface area contributed by atoms with Gasteiger partial charge in [0.25, 0.3) is 0 Å². The van der Waals surface area contributed by atoms with Gasteiger partial charge in [0.15, 0.2) is 0 Å². The molecule has 0 aromatic heterocycles. The molecule has 19 heavy (non-hydrogen) atoms. The van der Waals surface area contributed by atoms with Crippen LogP contribution in [0.1, 0.15) is 22.8 Å². The Kier molecular flexibility index (Phi) is 4.22. The van der Waals surface area contributed by atoms with Crippen molar-refractivity contribution in [3.63, 3.8) is 0 Å². The minimum atomic E-state index is -1.02. The van der Waals surface area contributed by atoms with Crippen LogP contribution in [0.25, 0.3) is 0 Å².